The molecule has 4 rings (SSSR count). The topological polar surface area (TPSA) is 71.0 Å². The number of pyridine rings is 1. The van der Waals surface area contributed by atoms with E-state index in [1.54, 1.807) is 6.20 Å². The van der Waals surface area contributed by atoms with Crippen molar-refractivity contribution >= 4 is 11.7 Å². The molecule has 1 aromatic carbocycles. The minimum absolute atomic E-state index is 0.151. The van der Waals surface area contributed by atoms with E-state index in [1.807, 2.05) is 43.0 Å². The van der Waals surface area contributed by atoms with Crippen molar-refractivity contribution in [3.63, 3.8) is 0 Å². The molecule has 6 heteroatoms. The molecule has 154 valence electrons. The molecule has 1 atom stereocenters. The number of carbonyl (C=O) groups is 1. The van der Waals surface area contributed by atoms with Gasteiger partial charge >= 0.3 is 0 Å². The van der Waals surface area contributed by atoms with E-state index in [2.05, 4.69) is 44.5 Å². The Balaban J connectivity index is 1.41. The Bertz CT molecular complexity index is 1010. The van der Waals surface area contributed by atoms with Crippen LogP contribution < -0.4 is 5.32 Å². The molecule has 0 spiro atoms. The van der Waals surface area contributed by atoms with E-state index in [1.165, 1.54) is 5.56 Å². The van der Waals surface area contributed by atoms with Gasteiger partial charge in [-0.1, -0.05) is 36.4 Å². The van der Waals surface area contributed by atoms with Gasteiger partial charge in [0.15, 0.2) is 5.82 Å². The second kappa shape index (κ2) is 9.03. The van der Waals surface area contributed by atoms with Crippen LogP contribution in [-0.2, 0) is 11.2 Å². The van der Waals surface area contributed by atoms with Crippen molar-refractivity contribution in [1.29, 1.82) is 0 Å². The Kier molecular flexibility index (Phi) is 6.02. The fraction of sp³-hybridized carbons (Fsp3) is 0.333. The molecule has 0 bridgehead atoms. The summed E-state index contributed by atoms with van der Waals surface area (Å²) in [7, 11) is 0. The molecule has 0 radical (unpaired) electrons. The standard InChI is InChI=1S/C24H27N5O/c1-17-18(2)26-23(20-12-6-7-14-25-20)28-22(17)27-21-13-16-29(24(21)30)15-8-11-19-9-4-3-5-10-19/h3-7,9-10,12,14,21H,8,11,13,15-16H2,1-2H3,(H,26,27,28). The predicted molar refractivity (Wildman–Crippen MR) is 118 cm³/mol. The van der Waals surface area contributed by atoms with Crippen LogP contribution >= 0.6 is 0 Å². The number of aryl methyl sites for hydroxylation is 2. The number of hydrogen-bond acceptors (Lipinski definition) is 5. The zero-order valence-corrected chi connectivity index (χ0v) is 17.5. The van der Waals surface area contributed by atoms with Gasteiger partial charge in [-0.2, -0.15) is 0 Å². The van der Waals surface area contributed by atoms with Crippen LogP contribution in [-0.4, -0.2) is 44.9 Å². The van der Waals surface area contributed by atoms with Gasteiger partial charge in [0.1, 0.15) is 17.6 Å². The lowest BCUT2D eigenvalue weighted by molar-refractivity contribution is -0.128. The van der Waals surface area contributed by atoms with Gasteiger partial charge < -0.3 is 10.2 Å². The average Bonchev–Trinajstić information content (AvgIpc) is 3.12. The number of hydrogen-bond donors (Lipinski definition) is 1. The number of rotatable bonds is 7. The molecule has 2 aromatic heterocycles. The predicted octanol–water partition coefficient (Wildman–Crippen LogP) is 3.80. The largest absolute Gasteiger partial charge is 0.358 e. The van der Waals surface area contributed by atoms with E-state index in [0.717, 1.165) is 49.3 Å². The van der Waals surface area contributed by atoms with Crippen LogP contribution in [0.4, 0.5) is 5.82 Å². The first-order valence-electron chi connectivity index (χ1n) is 10.5. The van der Waals surface area contributed by atoms with Gasteiger partial charge in [0, 0.05) is 30.5 Å². The van der Waals surface area contributed by atoms with Gasteiger partial charge in [-0.05, 0) is 50.8 Å². The second-order valence-corrected chi connectivity index (χ2v) is 7.72. The van der Waals surface area contributed by atoms with E-state index < -0.39 is 0 Å². The number of anilines is 1. The maximum absolute atomic E-state index is 12.9. The van der Waals surface area contributed by atoms with Gasteiger partial charge in [0.25, 0.3) is 0 Å². The third-order valence-electron chi connectivity index (χ3n) is 5.63. The highest BCUT2D eigenvalue weighted by atomic mass is 16.2. The number of amides is 1. The van der Waals surface area contributed by atoms with Crippen LogP contribution in [0.25, 0.3) is 11.5 Å². The summed E-state index contributed by atoms with van der Waals surface area (Å²) < 4.78 is 0. The second-order valence-electron chi connectivity index (χ2n) is 7.72. The molecule has 3 aromatic rings. The van der Waals surface area contributed by atoms with E-state index in [4.69, 9.17) is 0 Å². The molecule has 1 saturated heterocycles. The Morgan fingerprint density at radius 2 is 1.87 bits per heavy atom. The first kappa shape index (κ1) is 20.0. The molecule has 30 heavy (non-hydrogen) atoms. The van der Waals surface area contributed by atoms with Crippen LogP contribution in [0.1, 0.15) is 29.7 Å². The van der Waals surface area contributed by atoms with Crippen molar-refractivity contribution in [2.24, 2.45) is 0 Å². The summed E-state index contributed by atoms with van der Waals surface area (Å²) in [4.78, 5) is 28.5. The Morgan fingerprint density at radius 1 is 1.07 bits per heavy atom. The maximum Gasteiger partial charge on any atom is 0.245 e. The molecular weight excluding hydrogens is 374 g/mol. The fourth-order valence-electron chi connectivity index (χ4n) is 3.76. The van der Waals surface area contributed by atoms with Crippen molar-refractivity contribution in [2.75, 3.05) is 18.4 Å². The highest BCUT2D eigenvalue weighted by molar-refractivity contribution is 5.86. The molecule has 1 N–H and O–H groups in total. The quantitative estimate of drug-likeness (QED) is 0.652. The van der Waals surface area contributed by atoms with Crippen molar-refractivity contribution in [3.8, 4) is 11.5 Å². The Hall–Kier alpha value is -3.28. The number of nitrogens with one attached hydrogen (secondary N) is 1. The molecular formula is C24H27N5O. The van der Waals surface area contributed by atoms with Crippen molar-refractivity contribution in [1.82, 2.24) is 19.9 Å². The van der Waals surface area contributed by atoms with Gasteiger partial charge in [-0.25, -0.2) is 9.97 Å². The molecule has 3 heterocycles. The lowest BCUT2D eigenvalue weighted by Crippen LogP contribution is -2.34. The summed E-state index contributed by atoms with van der Waals surface area (Å²) in [6.45, 7) is 5.51. The Morgan fingerprint density at radius 3 is 2.63 bits per heavy atom. The van der Waals surface area contributed by atoms with Crippen molar-refractivity contribution in [2.45, 2.75) is 39.2 Å². The van der Waals surface area contributed by atoms with Crippen molar-refractivity contribution < 1.29 is 4.79 Å². The Labute approximate surface area is 177 Å². The lowest BCUT2D eigenvalue weighted by atomic mass is 10.1. The first-order valence-corrected chi connectivity index (χ1v) is 10.5. The molecule has 1 unspecified atom stereocenters. The maximum atomic E-state index is 12.9. The summed E-state index contributed by atoms with van der Waals surface area (Å²) >= 11 is 0. The molecule has 6 nitrogen and oxygen atoms in total. The number of benzene rings is 1. The van der Waals surface area contributed by atoms with Gasteiger partial charge in [-0.15, -0.1) is 0 Å². The smallest absolute Gasteiger partial charge is 0.245 e. The highest BCUT2D eigenvalue weighted by Crippen LogP contribution is 2.23. The zero-order valence-electron chi connectivity index (χ0n) is 17.5. The van der Waals surface area contributed by atoms with Gasteiger partial charge in [0.05, 0.1) is 0 Å². The minimum Gasteiger partial charge on any atom is -0.358 e. The third kappa shape index (κ3) is 4.48. The van der Waals surface area contributed by atoms with Crippen LogP contribution in [0, 0.1) is 13.8 Å². The van der Waals surface area contributed by atoms with E-state index >= 15 is 0 Å². The average molecular weight is 402 g/mol. The normalized spacial score (nSPS) is 16.1. The van der Waals surface area contributed by atoms with E-state index in [9.17, 15) is 4.79 Å². The summed E-state index contributed by atoms with van der Waals surface area (Å²) in [5.41, 5.74) is 3.89. The fourth-order valence-corrected chi connectivity index (χ4v) is 3.76. The van der Waals surface area contributed by atoms with Crippen LogP contribution in [0.3, 0.4) is 0 Å². The number of carbonyl (C=O) groups excluding carboxylic acids is 1. The van der Waals surface area contributed by atoms with E-state index in [-0.39, 0.29) is 11.9 Å². The molecule has 1 aliphatic rings. The van der Waals surface area contributed by atoms with Gasteiger partial charge in [-0.3, -0.25) is 9.78 Å². The van der Waals surface area contributed by atoms with Gasteiger partial charge in [0.2, 0.25) is 5.91 Å². The SMILES string of the molecule is Cc1nc(-c2ccccn2)nc(NC2CCN(CCCc3ccccc3)C2=O)c1C. The molecule has 1 fully saturated rings. The monoisotopic (exact) mass is 401 g/mol. The molecule has 0 aliphatic carbocycles. The summed E-state index contributed by atoms with van der Waals surface area (Å²) in [6, 6.07) is 15.8. The minimum atomic E-state index is -0.244. The number of likely N-dealkylation sites (tertiary alicyclic amines) is 1. The van der Waals surface area contributed by atoms with Crippen LogP contribution in [0.15, 0.2) is 54.7 Å². The first-order chi connectivity index (χ1) is 14.6. The van der Waals surface area contributed by atoms with Crippen molar-refractivity contribution in [3.05, 3.63) is 71.5 Å². The number of aromatic nitrogens is 3. The molecule has 1 amide bonds. The molecule has 1 aliphatic heterocycles. The lowest BCUT2D eigenvalue weighted by Gasteiger charge is -2.18. The van der Waals surface area contributed by atoms with Crippen LogP contribution in [0.2, 0.25) is 0 Å². The summed E-state index contributed by atoms with van der Waals surface area (Å²) in [5.74, 6) is 1.44. The summed E-state index contributed by atoms with van der Waals surface area (Å²) in [6.07, 6.45) is 4.47. The highest BCUT2D eigenvalue weighted by Gasteiger charge is 2.32. The number of nitrogens with zero attached hydrogens (tertiary/aromatic N) is 4. The zero-order chi connectivity index (χ0) is 20.9. The molecule has 0 saturated carbocycles. The van der Waals surface area contributed by atoms with E-state index in [0.29, 0.717) is 11.6 Å². The summed E-state index contributed by atoms with van der Waals surface area (Å²) in [5, 5.41) is 3.38. The third-order valence-corrected chi connectivity index (χ3v) is 5.63. The van der Waals surface area contributed by atoms with Crippen LogP contribution in [0.5, 0.6) is 0 Å².